The number of ether oxygens (including phenoxy) is 1. The number of carbonyl (C=O) groups excluding carboxylic acids is 1. The van der Waals surface area contributed by atoms with E-state index in [1.54, 1.807) is 11.3 Å². The van der Waals surface area contributed by atoms with Gasteiger partial charge in [-0.2, -0.15) is 0 Å². The molecule has 2 unspecified atom stereocenters. The van der Waals surface area contributed by atoms with Gasteiger partial charge in [0.05, 0.1) is 10.2 Å². The predicted molar refractivity (Wildman–Crippen MR) is 122 cm³/mol. The number of hydrogen-bond donors (Lipinski definition) is 0. The van der Waals surface area contributed by atoms with Crippen LogP contribution in [0.1, 0.15) is 24.8 Å². The monoisotopic (exact) mass is 433 g/mol. The Hall–Kier alpha value is -2.44. The number of carbonyl (C=O) groups is 1. The first-order valence-corrected chi connectivity index (χ1v) is 12.2. The molecule has 0 N–H and O–H groups in total. The van der Waals surface area contributed by atoms with Gasteiger partial charge in [0, 0.05) is 38.6 Å². The average Bonchev–Trinajstić information content (AvgIpc) is 3.40. The van der Waals surface area contributed by atoms with Crippen molar-refractivity contribution in [3.05, 3.63) is 54.1 Å². The standard InChI is InChI=1S/C25H27N3O2S/c29-24(18-4-3-5-18)28-15-19-13-27(14-20(19)16-28)12-17-8-10-21(11-9-17)30-25-26-22-6-1-2-7-23(22)31-25/h1-2,6-11,18-20H,3-5,12-16H2. The Morgan fingerprint density at radius 3 is 2.42 bits per heavy atom. The Labute approximate surface area is 186 Å². The molecule has 1 aliphatic carbocycles. The fraction of sp³-hybridized carbons (Fsp3) is 0.440. The molecule has 160 valence electrons. The van der Waals surface area contributed by atoms with Crippen molar-refractivity contribution >= 4 is 27.5 Å². The Kier molecular flexibility index (Phi) is 4.92. The van der Waals surface area contributed by atoms with Crippen LogP contribution in [-0.4, -0.2) is 46.9 Å². The van der Waals surface area contributed by atoms with Gasteiger partial charge in [0.2, 0.25) is 5.91 Å². The van der Waals surface area contributed by atoms with Gasteiger partial charge in [0.15, 0.2) is 0 Å². The van der Waals surface area contributed by atoms with Crippen molar-refractivity contribution in [2.75, 3.05) is 26.2 Å². The maximum atomic E-state index is 12.5. The van der Waals surface area contributed by atoms with Crippen molar-refractivity contribution in [2.45, 2.75) is 25.8 Å². The number of fused-ring (bicyclic) bond motifs is 2. The van der Waals surface area contributed by atoms with E-state index in [0.29, 0.717) is 28.9 Å². The third-order valence-electron chi connectivity index (χ3n) is 7.14. The third-order valence-corrected chi connectivity index (χ3v) is 8.05. The van der Waals surface area contributed by atoms with Crippen LogP contribution in [0, 0.1) is 17.8 Å². The van der Waals surface area contributed by atoms with Crippen LogP contribution in [0.15, 0.2) is 48.5 Å². The van der Waals surface area contributed by atoms with E-state index in [0.717, 1.165) is 61.5 Å². The zero-order valence-electron chi connectivity index (χ0n) is 17.6. The summed E-state index contributed by atoms with van der Waals surface area (Å²) < 4.78 is 7.11. The maximum Gasteiger partial charge on any atom is 0.279 e. The first-order chi connectivity index (χ1) is 15.2. The molecule has 2 aliphatic heterocycles. The first-order valence-electron chi connectivity index (χ1n) is 11.3. The predicted octanol–water partition coefficient (Wildman–Crippen LogP) is 4.78. The summed E-state index contributed by atoms with van der Waals surface area (Å²) >= 11 is 1.57. The second kappa shape index (κ2) is 7.92. The normalized spacial score (nSPS) is 23.8. The molecular weight excluding hydrogens is 406 g/mol. The number of hydrogen-bond acceptors (Lipinski definition) is 5. The van der Waals surface area contributed by atoms with E-state index in [1.807, 2.05) is 30.3 Å². The van der Waals surface area contributed by atoms with E-state index < -0.39 is 0 Å². The molecule has 3 aliphatic rings. The van der Waals surface area contributed by atoms with Crippen LogP contribution >= 0.6 is 11.3 Å². The van der Waals surface area contributed by atoms with Crippen molar-refractivity contribution in [1.29, 1.82) is 0 Å². The van der Waals surface area contributed by atoms with Crippen LogP contribution in [0.3, 0.4) is 0 Å². The van der Waals surface area contributed by atoms with E-state index in [4.69, 9.17) is 4.74 Å². The number of thiazole rings is 1. The lowest BCUT2D eigenvalue weighted by atomic mass is 9.84. The molecular formula is C25H27N3O2S. The molecule has 0 spiro atoms. The van der Waals surface area contributed by atoms with E-state index >= 15 is 0 Å². The van der Waals surface area contributed by atoms with Crippen LogP contribution in [0.4, 0.5) is 0 Å². The summed E-state index contributed by atoms with van der Waals surface area (Å²) in [6.45, 7) is 5.09. The van der Waals surface area contributed by atoms with Gasteiger partial charge in [-0.1, -0.05) is 42.0 Å². The van der Waals surface area contributed by atoms with Crippen LogP contribution in [0.25, 0.3) is 10.2 Å². The summed E-state index contributed by atoms with van der Waals surface area (Å²) in [5.74, 6) is 2.87. The molecule has 2 aromatic carbocycles. The van der Waals surface area contributed by atoms with E-state index in [1.165, 1.54) is 12.0 Å². The lowest BCUT2D eigenvalue weighted by molar-refractivity contribution is -0.137. The summed E-state index contributed by atoms with van der Waals surface area (Å²) in [4.78, 5) is 21.8. The topological polar surface area (TPSA) is 45.7 Å². The Morgan fingerprint density at radius 2 is 1.74 bits per heavy atom. The highest BCUT2D eigenvalue weighted by Crippen LogP contribution is 2.36. The van der Waals surface area contributed by atoms with Crippen molar-refractivity contribution < 1.29 is 9.53 Å². The molecule has 6 heteroatoms. The average molecular weight is 434 g/mol. The fourth-order valence-electron chi connectivity index (χ4n) is 5.23. The minimum atomic E-state index is 0.332. The van der Waals surface area contributed by atoms with Crippen molar-refractivity contribution in [2.24, 2.45) is 17.8 Å². The van der Waals surface area contributed by atoms with Crippen molar-refractivity contribution in [3.63, 3.8) is 0 Å². The first kappa shape index (κ1) is 19.3. The molecule has 1 saturated carbocycles. The summed E-state index contributed by atoms with van der Waals surface area (Å²) in [5.41, 5.74) is 2.28. The highest BCUT2D eigenvalue weighted by atomic mass is 32.1. The third kappa shape index (κ3) is 3.83. The molecule has 3 aromatic rings. The molecule has 3 heterocycles. The molecule has 3 fully saturated rings. The number of nitrogens with zero attached hydrogens (tertiary/aromatic N) is 3. The molecule has 2 saturated heterocycles. The quantitative estimate of drug-likeness (QED) is 0.581. The Bertz CT molecular complexity index is 1040. The lowest BCUT2D eigenvalue weighted by Gasteiger charge is -2.30. The molecule has 5 nitrogen and oxygen atoms in total. The van der Waals surface area contributed by atoms with Gasteiger partial charge < -0.3 is 9.64 Å². The van der Waals surface area contributed by atoms with Gasteiger partial charge in [-0.15, -0.1) is 0 Å². The second-order valence-electron chi connectivity index (χ2n) is 9.28. The number of benzene rings is 2. The number of likely N-dealkylation sites (tertiary alicyclic amines) is 2. The van der Waals surface area contributed by atoms with Crippen LogP contribution in [0.2, 0.25) is 0 Å². The van der Waals surface area contributed by atoms with Gasteiger partial charge >= 0.3 is 0 Å². The Balaban J connectivity index is 1.03. The number of aromatic nitrogens is 1. The molecule has 0 bridgehead atoms. The molecule has 1 aromatic heterocycles. The van der Waals surface area contributed by atoms with Gasteiger partial charge in [-0.3, -0.25) is 9.69 Å². The number of para-hydroxylation sites is 1. The Morgan fingerprint density at radius 1 is 1.00 bits per heavy atom. The fourth-order valence-corrected chi connectivity index (χ4v) is 6.06. The lowest BCUT2D eigenvalue weighted by Crippen LogP contribution is -2.39. The van der Waals surface area contributed by atoms with E-state index in [9.17, 15) is 4.79 Å². The summed E-state index contributed by atoms with van der Waals surface area (Å²) in [6.07, 6.45) is 3.44. The van der Waals surface area contributed by atoms with Crippen molar-refractivity contribution in [1.82, 2.24) is 14.8 Å². The molecule has 1 amide bonds. The summed E-state index contributed by atoms with van der Waals surface area (Å²) in [6, 6.07) is 16.5. The van der Waals surface area contributed by atoms with Crippen molar-refractivity contribution in [3.8, 4) is 10.9 Å². The highest BCUT2D eigenvalue weighted by Gasteiger charge is 2.43. The minimum absolute atomic E-state index is 0.332. The summed E-state index contributed by atoms with van der Waals surface area (Å²) in [7, 11) is 0. The van der Waals surface area contributed by atoms with Crippen LogP contribution in [0.5, 0.6) is 10.9 Å². The summed E-state index contributed by atoms with van der Waals surface area (Å²) in [5, 5.41) is 0.683. The van der Waals surface area contributed by atoms with Gasteiger partial charge in [-0.05, 0) is 54.5 Å². The van der Waals surface area contributed by atoms with Crippen LogP contribution < -0.4 is 4.74 Å². The molecule has 2 atom stereocenters. The van der Waals surface area contributed by atoms with Gasteiger partial charge in [-0.25, -0.2) is 4.98 Å². The number of rotatable bonds is 5. The number of amides is 1. The molecule has 6 rings (SSSR count). The zero-order chi connectivity index (χ0) is 20.8. The minimum Gasteiger partial charge on any atom is -0.431 e. The molecule has 31 heavy (non-hydrogen) atoms. The SMILES string of the molecule is O=C(C1CCC1)N1CC2CN(Cc3ccc(Oc4nc5ccccc5s4)cc3)CC2C1. The van der Waals surface area contributed by atoms with Crippen LogP contribution in [-0.2, 0) is 11.3 Å². The maximum absolute atomic E-state index is 12.5. The van der Waals surface area contributed by atoms with E-state index in [2.05, 4.69) is 33.0 Å². The smallest absolute Gasteiger partial charge is 0.279 e. The zero-order valence-corrected chi connectivity index (χ0v) is 18.4. The van der Waals surface area contributed by atoms with Gasteiger partial charge in [0.25, 0.3) is 5.19 Å². The highest BCUT2D eigenvalue weighted by molar-refractivity contribution is 7.20. The second-order valence-corrected chi connectivity index (χ2v) is 10.3. The van der Waals surface area contributed by atoms with Gasteiger partial charge in [0.1, 0.15) is 5.75 Å². The van der Waals surface area contributed by atoms with E-state index in [-0.39, 0.29) is 0 Å². The largest absolute Gasteiger partial charge is 0.431 e. The molecule has 0 radical (unpaired) electrons.